The lowest BCUT2D eigenvalue weighted by molar-refractivity contribution is 0.0994. The first-order valence-electron chi connectivity index (χ1n) is 7.81. The normalized spacial score (nSPS) is 14.3. The Morgan fingerprint density at radius 1 is 0.963 bits per heavy atom. The fourth-order valence-electron chi connectivity index (χ4n) is 2.92. The topological polar surface area (TPSA) is 88.6 Å². The highest BCUT2D eigenvalue weighted by molar-refractivity contribution is 8.09. The summed E-state index contributed by atoms with van der Waals surface area (Å²) in [5, 5.41) is 0. The van der Waals surface area contributed by atoms with Gasteiger partial charge in [0, 0.05) is 21.8 Å². The van der Waals surface area contributed by atoms with Crippen LogP contribution in [0.3, 0.4) is 0 Å². The summed E-state index contributed by atoms with van der Waals surface area (Å²) in [6.07, 6.45) is 2.32. The molecule has 2 aromatic rings. The van der Waals surface area contributed by atoms with Crippen molar-refractivity contribution in [3.8, 4) is 0 Å². The van der Waals surface area contributed by atoms with Crippen LogP contribution in [0.15, 0.2) is 46.2 Å². The van der Waals surface area contributed by atoms with Gasteiger partial charge in [-0.3, -0.25) is 4.79 Å². The van der Waals surface area contributed by atoms with Crippen LogP contribution in [0, 0.1) is 5.82 Å². The number of rotatable bonds is 5. The zero-order valence-electron chi connectivity index (χ0n) is 14.5. The molecular formula is C17H16FNO5S3. The largest absolute Gasteiger partial charge is 0.294 e. The van der Waals surface area contributed by atoms with Crippen molar-refractivity contribution in [1.82, 2.24) is 0 Å². The van der Waals surface area contributed by atoms with Crippen LogP contribution in [0.25, 0.3) is 0 Å². The molecule has 144 valence electrons. The highest BCUT2D eigenvalue weighted by Crippen LogP contribution is 2.41. The number of carbonyl (C=O) groups is 1. The highest BCUT2D eigenvalue weighted by atomic mass is 32.3. The summed E-state index contributed by atoms with van der Waals surface area (Å²) in [6.45, 7) is 0. The molecule has 0 aromatic heterocycles. The van der Waals surface area contributed by atoms with Gasteiger partial charge < -0.3 is 0 Å². The number of Topliss-reactive ketones (excluding diaryl/α,β-unsaturated/α-hetero) is 1. The van der Waals surface area contributed by atoms with Crippen LogP contribution in [-0.4, -0.2) is 35.1 Å². The molecular weight excluding hydrogens is 413 g/mol. The van der Waals surface area contributed by atoms with Gasteiger partial charge in [0.15, 0.2) is 5.78 Å². The highest BCUT2D eigenvalue weighted by Gasteiger charge is 2.32. The molecule has 1 aliphatic carbocycles. The van der Waals surface area contributed by atoms with E-state index >= 15 is 0 Å². The number of carbonyl (C=O) groups excluding carboxylic acids is 1. The van der Waals surface area contributed by atoms with E-state index in [9.17, 15) is 26.0 Å². The van der Waals surface area contributed by atoms with Gasteiger partial charge in [-0.25, -0.2) is 21.2 Å². The number of sulfonamides is 2. The van der Waals surface area contributed by atoms with Gasteiger partial charge in [0.1, 0.15) is 5.82 Å². The van der Waals surface area contributed by atoms with E-state index in [1.165, 1.54) is 36.4 Å². The second-order valence-corrected chi connectivity index (χ2v) is 11.2. The molecule has 0 radical (unpaired) electrons. The van der Waals surface area contributed by atoms with Gasteiger partial charge in [-0.1, -0.05) is 11.8 Å². The first-order valence-corrected chi connectivity index (χ1v) is 12.3. The maximum absolute atomic E-state index is 13.2. The fraction of sp³-hybridized carbons (Fsp3) is 0.235. The molecule has 27 heavy (non-hydrogen) atoms. The minimum absolute atomic E-state index is 0.0391. The van der Waals surface area contributed by atoms with E-state index in [1.54, 1.807) is 0 Å². The Balaban J connectivity index is 2.22. The van der Waals surface area contributed by atoms with Crippen molar-refractivity contribution < 1.29 is 26.0 Å². The van der Waals surface area contributed by atoms with Crippen molar-refractivity contribution in [2.75, 3.05) is 16.2 Å². The number of hydrogen-bond acceptors (Lipinski definition) is 6. The number of nitrogens with zero attached hydrogens (tertiary/aromatic N) is 1. The third kappa shape index (κ3) is 4.17. The summed E-state index contributed by atoms with van der Waals surface area (Å²) in [4.78, 5) is 12.9. The maximum Gasteiger partial charge on any atom is 0.245 e. The molecule has 2 aromatic carbocycles. The number of fused-ring (bicyclic) bond motifs is 1. The Hall–Kier alpha value is -1.91. The maximum atomic E-state index is 13.2. The minimum atomic E-state index is -4.14. The van der Waals surface area contributed by atoms with Crippen molar-refractivity contribution in [3.05, 3.63) is 53.3 Å². The molecule has 0 spiro atoms. The molecule has 0 saturated heterocycles. The molecule has 0 amide bonds. The summed E-state index contributed by atoms with van der Waals surface area (Å²) in [6, 6.07) is 8.41. The van der Waals surface area contributed by atoms with E-state index in [-0.39, 0.29) is 22.8 Å². The SMILES string of the molecule is CS(=O)(=O)N(c1cc2c(cc1Sc1ccc(F)cc1)C(=O)CC2)S(C)(=O)=O. The summed E-state index contributed by atoms with van der Waals surface area (Å²) in [5.74, 6) is -0.514. The van der Waals surface area contributed by atoms with Crippen LogP contribution < -0.4 is 3.71 Å². The molecule has 1 aliphatic rings. The van der Waals surface area contributed by atoms with E-state index in [1.807, 2.05) is 0 Å². The van der Waals surface area contributed by atoms with Gasteiger partial charge in [0.05, 0.1) is 18.2 Å². The van der Waals surface area contributed by atoms with Crippen LogP contribution in [0.2, 0.25) is 0 Å². The predicted molar refractivity (Wildman–Crippen MR) is 102 cm³/mol. The molecule has 0 unspecified atom stereocenters. The van der Waals surface area contributed by atoms with E-state index in [4.69, 9.17) is 0 Å². The fourth-order valence-corrected chi connectivity index (χ4v) is 6.98. The zero-order chi connectivity index (χ0) is 20.0. The van der Waals surface area contributed by atoms with Crippen molar-refractivity contribution in [2.24, 2.45) is 0 Å². The molecule has 10 heteroatoms. The summed E-state index contributed by atoms with van der Waals surface area (Å²) >= 11 is 1.06. The lowest BCUT2D eigenvalue weighted by Crippen LogP contribution is -2.35. The molecule has 0 aliphatic heterocycles. The molecule has 0 heterocycles. The second-order valence-electron chi connectivity index (χ2n) is 6.18. The molecule has 0 fully saturated rings. The first kappa shape index (κ1) is 19.8. The number of hydrogen-bond donors (Lipinski definition) is 0. The predicted octanol–water partition coefficient (Wildman–Crippen LogP) is 2.83. The molecule has 3 rings (SSSR count). The Morgan fingerprint density at radius 2 is 1.56 bits per heavy atom. The van der Waals surface area contributed by atoms with E-state index < -0.39 is 25.9 Å². The molecule has 0 saturated carbocycles. The number of benzene rings is 2. The zero-order valence-corrected chi connectivity index (χ0v) is 16.9. The van der Waals surface area contributed by atoms with Gasteiger partial charge in [0.2, 0.25) is 20.0 Å². The standard InChI is InChI=1S/C17H16FNO5S3/c1-26(21,22)19(27(2,23)24)15-9-11-3-8-16(20)14(11)10-17(15)25-13-6-4-12(18)5-7-13/h4-7,9-10H,3,8H2,1-2H3. The van der Waals surface area contributed by atoms with Crippen molar-refractivity contribution in [2.45, 2.75) is 22.6 Å². The van der Waals surface area contributed by atoms with E-state index in [0.717, 1.165) is 24.3 Å². The summed E-state index contributed by atoms with van der Waals surface area (Å²) < 4.78 is 62.4. The van der Waals surface area contributed by atoms with Crippen LogP contribution in [0.5, 0.6) is 0 Å². The van der Waals surface area contributed by atoms with Gasteiger partial charge in [-0.05, 0) is 48.4 Å². The Kier molecular flexibility index (Phi) is 5.08. The van der Waals surface area contributed by atoms with Gasteiger partial charge in [-0.15, -0.1) is 0 Å². The number of ketones is 1. The summed E-state index contributed by atoms with van der Waals surface area (Å²) in [5.41, 5.74) is 1.02. The first-order chi connectivity index (χ1) is 12.5. The van der Waals surface area contributed by atoms with E-state index in [2.05, 4.69) is 0 Å². The number of halogens is 1. The molecule has 0 atom stereocenters. The molecule has 0 N–H and O–H groups in total. The third-order valence-electron chi connectivity index (χ3n) is 3.95. The minimum Gasteiger partial charge on any atom is -0.294 e. The van der Waals surface area contributed by atoms with E-state index in [0.29, 0.717) is 26.2 Å². The van der Waals surface area contributed by atoms with Gasteiger partial charge >= 0.3 is 0 Å². The van der Waals surface area contributed by atoms with Crippen LogP contribution in [0.1, 0.15) is 22.3 Å². The average molecular weight is 430 g/mol. The number of anilines is 1. The van der Waals surface area contributed by atoms with Gasteiger partial charge in [0.25, 0.3) is 0 Å². The average Bonchev–Trinajstić information content (AvgIpc) is 2.88. The lowest BCUT2D eigenvalue weighted by Gasteiger charge is -2.23. The van der Waals surface area contributed by atoms with Crippen molar-refractivity contribution in [3.63, 3.8) is 0 Å². The second kappa shape index (κ2) is 6.92. The third-order valence-corrected chi connectivity index (χ3v) is 8.22. The Morgan fingerprint density at radius 3 is 2.11 bits per heavy atom. The monoisotopic (exact) mass is 429 g/mol. The molecule has 6 nitrogen and oxygen atoms in total. The smallest absolute Gasteiger partial charge is 0.245 e. The Labute approximate surface area is 161 Å². The van der Waals surface area contributed by atoms with Crippen LogP contribution in [0.4, 0.5) is 10.1 Å². The van der Waals surface area contributed by atoms with Crippen molar-refractivity contribution in [1.29, 1.82) is 0 Å². The molecule has 0 bridgehead atoms. The quantitative estimate of drug-likeness (QED) is 0.726. The van der Waals surface area contributed by atoms with Crippen LogP contribution in [-0.2, 0) is 26.5 Å². The van der Waals surface area contributed by atoms with Crippen molar-refractivity contribution >= 4 is 43.3 Å². The summed E-state index contributed by atoms with van der Waals surface area (Å²) in [7, 11) is -8.28. The Bertz CT molecular complexity index is 1090. The van der Waals surface area contributed by atoms with Gasteiger partial charge in [-0.2, -0.15) is 3.71 Å². The lowest BCUT2D eigenvalue weighted by atomic mass is 10.1. The number of aryl methyl sites for hydroxylation is 1. The van der Waals surface area contributed by atoms with Crippen LogP contribution >= 0.6 is 11.8 Å².